The van der Waals surface area contributed by atoms with Gasteiger partial charge >= 0.3 is 0 Å². The molecular weight excluding hydrogens is 285 g/mol. The minimum absolute atomic E-state index is 0.0728. The Labute approximate surface area is 110 Å². The van der Waals surface area contributed by atoms with Gasteiger partial charge in [-0.15, -0.1) is 0 Å². The zero-order chi connectivity index (χ0) is 13.0. The average Bonchev–Trinajstić information content (AvgIpc) is 2.22. The average molecular weight is 302 g/mol. The van der Waals surface area contributed by atoms with E-state index < -0.39 is 0 Å². The number of rotatable bonds is 5. The van der Waals surface area contributed by atoms with Gasteiger partial charge in [0.05, 0.1) is 0 Å². The van der Waals surface area contributed by atoms with Crippen molar-refractivity contribution in [1.29, 1.82) is 0 Å². The molecule has 0 aliphatic carbocycles. The van der Waals surface area contributed by atoms with Gasteiger partial charge in [-0.1, -0.05) is 15.9 Å². The van der Waals surface area contributed by atoms with Crippen molar-refractivity contribution in [1.82, 2.24) is 4.90 Å². The summed E-state index contributed by atoms with van der Waals surface area (Å²) < 4.78 is 14.6. The van der Waals surface area contributed by atoms with E-state index in [1.165, 1.54) is 6.07 Å². The summed E-state index contributed by atoms with van der Waals surface area (Å²) in [5, 5.41) is 0. The number of nitrogens with zero attached hydrogens (tertiary/aromatic N) is 1. The fraction of sp³-hybridized carbons (Fsp3) is 0.462. The maximum atomic E-state index is 13.8. The molecule has 0 saturated carbocycles. The van der Waals surface area contributed by atoms with Gasteiger partial charge in [0, 0.05) is 22.5 Å². The first-order valence-corrected chi connectivity index (χ1v) is 6.32. The molecule has 1 aromatic carbocycles. The first kappa shape index (κ1) is 14.3. The second-order valence-corrected chi connectivity index (χ2v) is 5.30. The highest BCUT2D eigenvalue weighted by atomic mass is 79.9. The number of hydrogen-bond donors (Lipinski definition) is 0. The SMILES string of the molecule is CC(=O)CCC(c1cc(Br)ccc1F)N(C)C. The predicted molar refractivity (Wildman–Crippen MR) is 70.4 cm³/mol. The molecule has 1 unspecified atom stereocenters. The quantitative estimate of drug-likeness (QED) is 0.829. The topological polar surface area (TPSA) is 20.3 Å². The van der Waals surface area contributed by atoms with E-state index in [4.69, 9.17) is 0 Å². The number of halogens is 2. The summed E-state index contributed by atoms with van der Waals surface area (Å²) in [7, 11) is 3.79. The number of carbonyl (C=O) groups excluding carboxylic acids is 1. The molecular formula is C13H17BrFNO. The minimum atomic E-state index is -0.226. The van der Waals surface area contributed by atoms with E-state index in [0.717, 1.165) is 4.47 Å². The zero-order valence-corrected chi connectivity index (χ0v) is 11.9. The lowest BCUT2D eigenvalue weighted by Gasteiger charge is -2.25. The van der Waals surface area contributed by atoms with Crippen molar-refractivity contribution in [2.45, 2.75) is 25.8 Å². The van der Waals surface area contributed by atoms with Crippen LogP contribution in [-0.2, 0) is 4.79 Å². The lowest BCUT2D eigenvalue weighted by Crippen LogP contribution is -2.21. The Morgan fingerprint density at radius 1 is 1.47 bits per heavy atom. The van der Waals surface area contributed by atoms with Gasteiger partial charge in [-0.3, -0.25) is 0 Å². The molecule has 0 spiro atoms. The van der Waals surface area contributed by atoms with Gasteiger partial charge in [-0.25, -0.2) is 4.39 Å². The second kappa shape index (κ2) is 6.26. The van der Waals surface area contributed by atoms with Crippen LogP contribution in [0.2, 0.25) is 0 Å². The summed E-state index contributed by atoms with van der Waals surface area (Å²) in [6.45, 7) is 1.56. The van der Waals surface area contributed by atoms with Crippen LogP contribution in [0.25, 0.3) is 0 Å². The van der Waals surface area contributed by atoms with Crippen LogP contribution < -0.4 is 0 Å². The van der Waals surface area contributed by atoms with E-state index in [9.17, 15) is 9.18 Å². The molecule has 2 nitrogen and oxygen atoms in total. The molecule has 0 N–H and O–H groups in total. The Kier molecular flexibility index (Phi) is 5.28. The van der Waals surface area contributed by atoms with Crippen LogP contribution in [0, 0.1) is 5.82 Å². The van der Waals surface area contributed by atoms with Gasteiger partial charge in [-0.2, -0.15) is 0 Å². The van der Waals surface area contributed by atoms with Crippen molar-refractivity contribution >= 4 is 21.7 Å². The molecule has 0 aliphatic rings. The standard InChI is InChI=1S/C13H17BrFNO/c1-9(17)4-7-13(16(2)3)11-8-10(14)5-6-12(11)15/h5-6,8,13H,4,7H2,1-3H3. The van der Waals surface area contributed by atoms with Crippen molar-refractivity contribution in [3.8, 4) is 0 Å². The monoisotopic (exact) mass is 301 g/mol. The molecule has 1 aromatic rings. The van der Waals surface area contributed by atoms with Crippen molar-refractivity contribution in [2.24, 2.45) is 0 Å². The number of carbonyl (C=O) groups is 1. The van der Waals surface area contributed by atoms with E-state index in [0.29, 0.717) is 18.4 Å². The van der Waals surface area contributed by atoms with E-state index in [1.54, 1.807) is 19.1 Å². The Bertz CT molecular complexity index is 406. The molecule has 4 heteroatoms. The number of hydrogen-bond acceptors (Lipinski definition) is 2. The summed E-state index contributed by atoms with van der Waals surface area (Å²) >= 11 is 3.34. The van der Waals surface area contributed by atoms with E-state index in [2.05, 4.69) is 15.9 Å². The maximum absolute atomic E-state index is 13.8. The fourth-order valence-electron chi connectivity index (χ4n) is 1.80. The van der Waals surface area contributed by atoms with Crippen LogP contribution in [0.3, 0.4) is 0 Å². The minimum Gasteiger partial charge on any atom is -0.302 e. The van der Waals surface area contributed by atoms with Gasteiger partial charge in [0.1, 0.15) is 11.6 Å². The summed E-state index contributed by atoms with van der Waals surface area (Å²) in [4.78, 5) is 13.0. The van der Waals surface area contributed by atoms with Crippen molar-refractivity contribution < 1.29 is 9.18 Å². The lowest BCUT2D eigenvalue weighted by molar-refractivity contribution is -0.117. The smallest absolute Gasteiger partial charge is 0.129 e. The summed E-state index contributed by atoms with van der Waals surface area (Å²) in [6, 6.07) is 4.83. The van der Waals surface area contributed by atoms with Gasteiger partial charge in [0.25, 0.3) is 0 Å². The highest BCUT2D eigenvalue weighted by molar-refractivity contribution is 9.10. The second-order valence-electron chi connectivity index (χ2n) is 4.39. The molecule has 94 valence electrons. The van der Waals surface area contributed by atoms with E-state index in [-0.39, 0.29) is 17.6 Å². The molecule has 17 heavy (non-hydrogen) atoms. The fourth-order valence-corrected chi connectivity index (χ4v) is 2.18. The Balaban J connectivity index is 2.96. The molecule has 1 atom stereocenters. The third-order valence-electron chi connectivity index (χ3n) is 2.71. The molecule has 0 fully saturated rings. The molecule has 0 bridgehead atoms. The molecule has 0 amide bonds. The Hall–Kier alpha value is -0.740. The van der Waals surface area contributed by atoms with Crippen LogP contribution in [0.15, 0.2) is 22.7 Å². The molecule has 0 saturated heterocycles. The Morgan fingerprint density at radius 3 is 2.65 bits per heavy atom. The third kappa shape index (κ3) is 4.21. The van der Waals surface area contributed by atoms with Crippen LogP contribution in [0.4, 0.5) is 4.39 Å². The van der Waals surface area contributed by atoms with Crippen molar-refractivity contribution in [2.75, 3.05) is 14.1 Å². The zero-order valence-electron chi connectivity index (χ0n) is 10.3. The first-order chi connectivity index (χ1) is 7.91. The molecule has 0 aliphatic heterocycles. The number of Topliss-reactive ketones (excluding diaryl/α,β-unsaturated/α-hetero) is 1. The van der Waals surface area contributed by atoms with Crippen LogP contribution in [0.1, 0.15) is 31.4 Å². The Morgan fingerprint density at radius 2 is 2.12 bits per heavy atom. The van der Waals surface area contributed by atoms with Gasteiger partial charge in [-0.05, 0) is 45.6 Å². The van der Waals surface area contributed by atoms with Crippen molar-refractivity contribution in [3.63, 3.8) is 0 Å². The highest BCUT2D eigenvalue weighted by Gasteiger charge is 2.18. The number of ketones is 1. The molecule has 1 rings (SSSR count). The number of benzene rings is 1. The molecule has 0 radical (unpaired) electrons. The third-order valence-corrected chi connectivity index (χ3v) is 3.20. The largest absolute Gasteiger partial charge is 0.302 e. The van der Waals surface area contributed by atoms with Crippen LogP contribution in [0.5, 0.6) is 0 Å². The molecule has 0 aromatic heterocycles. The first-order valence-electron chi connectivity index (χ1n) is 5.52. The van der Waals surface area contributed by atoms with E-state index >= 15 is 0 Å². The van der Waals surface area contributed by atoms with Gasteiger partial charge < -0.3 is 9.69 Å². The summed E-state index contributed by atoms with van der Waals surface area (Å²) in [6.07, 6.45) is 1.10. The van der Waals surface area contributed by atoms with Crippen molar-refractivity contribution in [3.05, 3.63) is 34.1 Å². The van der Waals surface area contributed by atoms with Crippen LogP contribution >= 0.6 is 15.9 Å². The summed E-state index contributed by atoms with van der Waals surface area (Å²) in [5.41, 5.74) is 0.630. The van der Waals surface area contributed by atoms with Crippen LogP contribution in [-0.4, -0.2) is 24.8 Å². The van der Waals surface area contributed by atoms with E-state index in [1.807, 2.05) is 19.0 Å². The van der Waals surface area contributed by atoms with Gasteiger partial charge in [0.2, 0.25) is 0 Å². The highest BCUT2D eigenvalue weighted by Crippen LogP contribution is 2.28. The lowest BCUT2D eigenvalue weighted by atomic mass is 9.99. The predicted octanol–water partition coefficient (Wildman–Crippen LogP) is 3.56. The van der Waals surface area contributed by atoms with Gasteiger partial charge in [0.15, 0.2) is 0 Å². The molecule has 0 heterocycles. The maximum Gasteiger partial charge on any atom is 0.129 e. The summed E-state index contributed by atoms with van der Waals surface area (Å²) in [5.74, 6) is -0.0947. The normalized spacial score (nSPS) is 12.8.